The van der Waals surface area contributed by atoms with Crippen LogP contribution in [-0.2, 0) is 25.6 Å². The first-order valence-electron chi connectivity index (χ1n) is 10.8. The van der Waals surface area contributed by atoms with E-state index in [-0.39, 0.29) is 17.4 Å². The van der Waals surface area contributed by atoms with Crippen LogP contribution in [0, 0.1) is 0 Å². The molecule has 4 rings (SSSR count). The predicted molar refractivity (Wildman–Crippen MR) is 120 cm³/mol. The van der Waals surface area contributed by atoms with Gasteiger partial charge < -0.3 is 18.9 Å². The molecule has 0 N–H and O–H groups in total. The Kier molecular flexibility index (Phi) is 7.16. The number of para-hydroxylation sites is 1. The lowest BCUT2D eigenvalue weighted by molar-refractivity contribution is 0.0106. The molecule has 0 saturated carbocycles. The van der Waals surface area contributed by atoms with Crippen molar-refractivity contribution in [3.05, 3.63) is 71.4 Å². The number of methoxy groups -OCH3 is 2. The molecule has 1 aromatic heterocycles. The molecule has 0 spiro atoms. The van der Waals surface area contributed by atoms with Crippen LogP contribution in [0.25, 0.3) is 16.9 Å². The van der Waals surface area contributed by atoms with Gasteiger partial charge in [-0.25, -0.2) is 14.3 Å². The van der Waals surface area contributed by atoms with Crippen LogP contribution >= 0.6 is 0 Å². The first-order valence-corrected chi connectivity index (χ1v) is 10.8. The van der Waals surface area contributed by atoms with Gasteiger partial charge in [0, 0.05) is 12.2 Å². The Labute approximate surface area is 192 Å². The zero-order valence-electron chi connectivity index (χ0n) is 18.7. The fraction of sp³-hybridized carbons (Fsp3) is 0.320. The van der Waals surface area contributed by atoms with Gasteiger partial charge in [0.25, 0.3) is 0 Å². The van der Waals surface area contributed by atoms with Gasteiger partial charge in [-0.1, -0.05) is 42.5 Å². The third-order valence-electron chi connectivity index (χ3n) is 5.48. The fourth-order valence-electron chi connectivity index (χ4n) is 3.80. The predicted octanol–water partition coefficient (Wildman–Crippen LogP) is 3.81. The van der Waals surface area contributed by atoms with E-state index >= 15 is 0 Å². The number of benzene rings is 2. The highest BCUT2D eigenvalue weighted by molar-refractivity contribution is 6.06. The van der Waals surface area contributed by atoms with Gasteiger partial charge in [0.05, 0.1) is 39.2 Å². The maximum Gasteiger partial charge on any atom is 0.357 e. The zero-order valence-corrected chi connectivity index (χ0v) is 18.7. The smallest absolute Gasteiger partial charge is 0.357 e. The summed E-state index contributed by atoms with van der Waals surface area (Å²) in [5.74, 6) is -1.35. The third kappa shape index (κ3) is 4.97. The van der Waals surface area contributed by atoms with Gasteiger partial charge in [0.15, 0.2) is 5.69 Å². The Bertz CT molecular complexity index is 1100. The van der Waals surface area contributed by atoms with Gasteiger partial charge in [0.1, 0.15) is 11.3 Å². The second kappa shape index (κ2) is 10.4. The molecule has 0 aliphatic carbocycles. The number of hydrogen-bond acceptors (Lipinski definition) is 7. The van der Waals surface area contributed by atoms with Crippen molar-refractivity contribution in [2.45, 2.75) is 25.6 Å². The van der Waals surface area contributed by atoms with Gasteiger partial charge in [-0.2, -0.15) is 5.10 Å². The van der Waals surface area contributed by atoms with E-state index in [9.17, 15) is 9.59 Å². The molecule has 172 valence electrons. The summed E-state index contributed by atoms with van der Waals surface area (Å²) >= 11 is 0. The summed E-state index contributed by atoms with van der Waals surface area (Å²) in [6.45, 7) is 1.82. The van der Waals surface area contributed by atoms with Crippen LogP contribution in [0.3, 0.4) is 0 Å². The van der Waals surface area contributed by atoms with Crippen molar-refractivity contribution in [1.82, 2.24) is 9.78 Å². The van der Waals surface area contributed by atoms with Gasteiger partial charge in [-0.3, -0.25) is 0 Å². The molecule has 0 radical (unpaired) electrons. The Balaban J connectivity index is 1.66. The number of rotatable bonds is 8. The van der Waals surface area contributed by atoms with Crippen molar-refractivity contribution in [2.75, 3.05) is 27.4 Å². The number of aromatic nitrogens is 2. The van der Waals surface area contributed by atoms with Crippen molar-refractivity contribution in [1.29, 1.82) is 0 Å². The molecular formula is C25H26N2O6. The van der Waals surface area contributed by atoms with Crippen LogP contribution in [0.1, 0.15) is 39.3 Å². The minimum atomic E-state index is -0.683. The molecular weight excluding hydrogens is 424 g/mol. The summed E-state index contributed by atoms with van der Waals surface area (Å²) in [7, 11) is 2.53. The second-order valence-corrected chi connectivity index (χ2v) is 7.65. The maximum absolute atomic E-state index is 12.7. The highest BCUT2D eigenvalue weighted by atomic mass is 16.5. The van der Waals surface area contributed by atoms with E-state index in [0.717, 1.165) is 25.0 Å². The van der Waals surface area contributed by atoms with E-state index in [1.807, 2.05) is 42.5 Å². The van der Waals surface area contributed by atoms with Crippen LogP contribution in [0.4, 0.5) is 0 Å². The zero-order chi connectivity index (χ0) is 23.2. The SMILES string of the molecule is COC(=O)c1c(-c2ccc(COCC3CCCO3)cc2)nn(-c2ccccc2)c1C(=O)OC. The van der Waals surface area contributed by atoms with Gasteiger partial charge >= 0.3 is 11.9 Å². The summed E-state index contributed by atoms with van der Waals surface area (Å²) in [6.07, 6.45) is 2.28. The summed E-state index contributed by atoms with van der Waals surface area (Å²) in [5.41, 5.74) is 2.65. The molecule has 8 heteroatoms. The van der Waals surface area contributed by atoms with E-state index < -0.39 is 11.9 Å². The van der Waals surface area contributed by atoms with Crippen LogP contribution < -0.4 is 0 Å². The van der Waals surface area contributed by atoms with Gasteiger partial charge in [-0.15, -0.1) is 0 Å². The minimum Gasteiger partial charge on any atom is -0.465 e. The Morgan fingerprint density at radius 3 is 2.39 bits per heavy atom. The Morgan fingerprint density at radius 1 is 1.03 bits per heavy atom. The molecule has 1 aliphatic rings. The van der Waals surface area contributed by atoms with Crippen molar-refractivity contribution in [3.63, 3.8) is 0 Å². The topological polar surface area (TPSA) is 88.9 Å². The number of esters is 2. The Morgan fingerprint density at radius 2 is 1.76 bits per heavy atom. The summed E-state index contributed by atoms with van der Waals surface area (Å²) < 4.78 is 22.7. The standard InChI is InChI=1S/C25H26N2O6/c1-30-24(28)21-22(26-27(23(21)25(29)31-2)19-7-4-3-5-8-19)18-12-10-17(11-13-18)15-32-16-20-9-6-14-33-20/h3-5,7-8,10-13,20H,6,9,14-16H2,1-2H3. The molecule has 3 aromatic rings. The van der Waals surface area contributed by atoms with Crippen molar-refractivity contribution < 1.29 is 28.5 Å². The molecule has 1 fully saturated rings. The molecule has 0 bridgehead atoms. The van der Waals surface area contributed by atoms with Crippen LogP contribution in [0.2, 0.25) is 0 Å². The van der Waals surface area contributed by atoms with E-state index in [0.29, 0.717) is 30.2 Å². The normalized spacial score (nSPS) is 15.4. The number of carbonyl (C=O) groups is 2. The average Bonchev–Trinajstić information content (AvgIpc) is 3.52. The number of carbonyl (C=O) groups excluding carboxylic acids is 2. The molecule has 8 nitrogen and oxygen atoms in total. The monoisotopic (exact) mass is 450 g/mol. The van der Waals surface area contributed by atoms with Crippen LogP contribution in [0.5, 0.6) is 0 Å². The highest BCUT2D eigenvalue weighted by Crippen LogP contribution is 2.29. The van der Waals surface area contributed by atoms with Crippen molar-refractivity contribution in [2.24, 2.45) is 0 Å². The number of ether oxygens (including phenoxy) is 4. The van der Waals surface area contributed by atoms with E-state index in [1.165, 1.54) is 18.9 Å². The van der Waals surface area contributed by atoms with Crippen LogP contribution in [-0.4, -0.2) is 55.3 Å². The van der Waals surface area contributed by atoms with E-state index in [4.69, 9.17) is 18.9 Å². The quantitative estimate of drug-likeness (QED) is 0.482. The maximum atomic E-state index is 12.7. The van der Waals surface area contributed by atoms with Gasteiger partial charge in [-0.05, 0) is 30.5 Å². The molecule has 1 atom stereocenters. The van der Waals surface area contributed by atoms with E-state index in [2.05, 4.69) is 5.10 Å². The van der Waals surface area contributed by atoms with Crippen molar-refractivity contribution >= 4 is 11.9 Å². The lowest BCUT2D eigenvalue weighted by atomic mass is 10.0. The first-order chi connectivity index (χ1) is 16.1. The molecule has 2 aromatic carbocycles. The lowest BCUT2D eigenvalue weighted by Crippen LogP contribution is -2.15. The molecule has 1 saturated heterocycles. The summed E-state index contributed by atoms with van der Waals surface area (Å²) in [4.78, 5) is 25.4. The molecule has 2 heterocycles. The minimum absolute atomic E-state index is 0.00882. The van der Waals surface area contributed by atoms with Gasteiger partial charge in [0.2, 0.25) is 0 Å². The summed E-state index contributed by atoms with van der Waals surface area (Å²) in [5, 5.41) is 4.60. The second-order valence-electron chi connectivity index (χ2n) is 7.65. The fourth-order valence-corrected chi connectivity index (χ4v) is 3.80. The Hall–Kier alpha value is -3.49. The lowest BCUT2D eigenvalue weighted by Gasteiger charge is -2.10. The molecule has 33 heavy (non-hydrogen) atoms. The molecule has 1 unspecified atom stereocenters. The van der Waals surface area contributed by atoms with Crippen LogP contribution in [0.15, 0.2) is 54.6 Å². The molecule has 0 amide bonds. The largest absolute Gasteiger partial charge is 0.465 e. The van der Waals surface area contributed by atoms with E-state index in [1.54, 1.807) is 12.1 Å². The average molecular weight is 450 g/mol. The summed E-state index contributed by atoms with van der Waals surface area (Å²) in [6, 6.07) is 16.6. The third-order valence-corrected chi connectivity index (χ3v) is 5.48. The number of nitrogens with zero attached hydrogens (tertiary/aromatic N) is 2. The molecule has 1 aliphatic heterocycles. The van der Waals surface area contributed by atoms with Crippen molar-refractivity contribution in [3.8, 4) is 16.9 Å². The highest BCUT2D eigenvalue weighted by Gasteiger charge is 2.31. The first kappa shape index (κ1) is 22.7. The number of hydrogen-bond donors (Lipinski definition) is 0.